The van der Waals surface area contributed by atoms with Crippen LogP contribution < -0.4 is 0 Å². The van der Waals surface area contributed by atoms with Crippen LogP contribution in [0.4, 0.5) is 0 Å². The molecule has 0 radical (unpaired) electrons. The summed E-state index contributed by atoms with van der Waals surface area (Å²) >= 11 is 3.98. The minimum absolute atomic E-state index is 0.0244. The summed E-state index contributed by atoms with van der Waals surface area (Å²) in [5, 5.41) is 0. The predicted molar refractivity (Wildman–Crippen MR) is 58.2 cm³/mol. The first-order chi connectivity index (χ1) is 6.49. The van der Waals surface area contributed by atoms with Gasteiger partial charge in [-0.3, -0.25) is 4.21 Å². The normalized spacial score (nSPS) is 17.4. The molecule has 0 amide bonds. The molecule has 0 N–H and O–H groups in total. The van der Waals surface area contributed by atoms with Crippen molar-refractivity contribution in [2.75, 3.05) is 5.75 Å². The van der Waals surface area contributed by atoms with E-state index >= 15 is 0 Å². The lowest BCUT2D eigenvalue weighted by molar-refractivity contribution is 0.525. The molecule has 1 aromatic carbocycles. The molecule has 0 saturated carbocycles. The standard InChI is InChI=1S/C10H13ClO2S/c1-10(11,8-14(12)13)7-9-5-3-2-4-6-9/h2-6H,7-8H2,1H3,(H,12,13)/p-1. The molecule has 78 valence electrons. The predicted octanol–water partition coefficient (Wildman–Crippen LogP) is 2.11. The van der Waals surface area contributed by atoms with Gasteiger partial charge < -0.3 is 4.55 Å². The quantitative estimate of drug-likeness (QED) is 0.588. The smallest absolute Gasteiger partial charge is 0.0562 e. The van der Waals surface area contributed by atoms with Crippen molar-refractivity contribution in [1.82, 2.24) is 0 Å². The van der Waals surface area contributed by atoms with E-state index in [2.05, 4.69) is 0 Å². The van der Waals surface area contributed by atoms with Crippen molar-refractivity contribution in [3.8, 4) is 0 Å². The van der Waals surface area contributed by atoms with Gasteiger partial charge in [0, 0.05) is 5.75 Å². The van der Waals surface area contributed by atoms with E-state index in [1.54, 1.807) is 6.92 Å². The zero-order chi connectivity index (χ0) is 10.6. The Morgan fingerprint density at radius 3 is 2.50 bits per heavy atom. The van der Waals surface area contributed by atoms with Crippen LogP contribution in [0, 0.1) is 0 Å². The summed E-state index contributed by atoms with van der Waals surface area (Å²) < 4.78 is 21.0. The van der Waals surface area contributed by atoms with E-state index < -0.39 is 16.0 Å². The second kappa shape index (κ2) is 4.91. The summed E-state index contributed by atoms with van der Waals surface area (Å²) in [7, 11) is 0. The van der Waals surface area contributed by atoms with Crippen LogP contribution in [-0.2, 0) is 17.5 Å². The highest BCUT2D eigenvalue weighted by Crippen LogP contribution is 2.21. The Labute approximate surface area is 91.6 Å². The highest BCUT2D eigenvalue weighted by Gasteiger charge is 2.21. The topological polar surface area (TPSA) is 40.1 Å². The highest BCUT2D eigenvalue weighted by molar-refractivity contribution is 7.79. The lowest BCUT2D eigenvalue weighted by Gasteiger charge is -2.23. The summed E-state index contributed by atoms with van der Waals surface area (Å²) in [6.07, 6.45) is 0.559. The van der Waals surface area contributed by atoms with Gasteiger partial charge in [-0.2, -0.15) is 0 Å². The van der Waals surface area contributed by atoms with Crippen molar-refractivity contribution >= 4 is 22.7 Å². The van der Waals surface area contributed by atoms with Crippen molar-refractivity contribution in [2.45, 2.75) is 18.2 Å². The molecule has 0 aromatic heterocycles. The van der Waals surface area contributed by atoms with Crippen LogP contribution in [-0.4, -0.2) is 19.4 Å². The third kappa shape index (κ3) is 4.22. The van der Waals surface area contributed by atoms with Gasteiger partial charge in [-0.15, -0.1) is 11.6 Å². The minimum atomic E-state index is -2.09. The van der Waals surface area contributed by atoms with E-state index in [1.807, 2.05) is 30.3 Å². The zero-order valence-corrected chi connectivity index (χ0v) is 9.48. The molecule has 0 aliphatic carbocycles. The Bertz CT molecular complexity index is 311. The first-order valence-corrected chi connectivity index (χ1v) is 5.90. The van der Waals surface area contributed by atoms with Crippen LogP contribution in [0.3, 0.4) is 0 Å². The lowest BCUT2D eigenvalue weighted by atomic mass is 10.0. The molecule has 14 heavy (non-hydrogen) atoms. The molecule has 0 fully saturated rings. The van der Waals surface area contributed by atoms with Crippen LogP contribution in [0.15, 0.2) is 30.3 Å². The SMILES string of the molecule is CC(Cl)(Cc1ccccc1)CS(=O)[O-]. The van der Waals surface area contributed by atoms with Gasteiger partial charge in [0.25, 0.3) is 0 Å². The molecule has 0 bridgehead atoms. The third-order valence-electron chi connectivity index (χ3n) is 1.83. The summed E-state index contributed by atoms with van der Waals surface area (Å²) in [5.41, 5.74) is 1.05. The van der Waals surface area contributed by atoms with E-state index in [0.29, 0.717) is 6.42 Å². The van der Waals surface area contributed by atoms with Crippen molar-refractivity contribution in [3.63, 3.8) is 0 Å². The number of hydrogen-bond donors (Lipinski definition) is 0. The van der Waals surface area contributed by atoms with E-state index in [9.17, 15) is 8.76 Å². The maximum atomic E-state index is 10.5. The molecule has 0 aliphatic heterocycles. The molecule has 4 heteroatoms. The number of hydrogen-bond acceptors (Lipinski definition) is 2. The molecule has 2 nitrogen and oxygen atoms in total. The summed E-state index contributed by atoms with van der Waals surface area (Å²) in [6.45, 7) is 1.73. The van der Waals surface area contributed by atoms with Crippen LogP contribution >= 0.6 is 11.6 Å². The van der Waals surface area contributed by atoms with Crippen molar-refractivity contribution in [1.29, 1.82) is 0 Å². The van der Waals surface area contributed by atoms with Crippen LogP contribution in [0.1, 0.15) is 12.5 Å². The third-order valence-corrected chi connectivity index (χ3v) is 3.13. The molecule has 2 unspecified atom stereocenters. The van der Waals surface area contributed by atoms with Crippen LogP contribution in [0.25, 0.3) is 0 Å². The van der Waals surface area contributed by atoms with Crippen molar-refractivity contribution < 1.29 is 8.76 Å². The van der Waals surface area contributed by atoms with E-state index in [-0.39, 0.29) is 5.75 Å². The number of halogens is 1. The fourth-order valence-electron chi connectivity index (χ4n) is 1.32. The maximum absolute atomic E-state index is 10.5. The molecule has 0 heterocycles. The molecule has 0 aliphatic rings. The Hall–Kier alpha value is -0.380. The van der Waals surface area contributed by atoms with Gasteiger partial charge >= 0.3 is 0 Å². The fourth-order valence-corrected chi connectivity index (χ4v) is 2.33. The highest BCUT2D eigenvalue weighted by atomic mass is 35.5. The second-order valence-corrected chi connectivity index (χ2v) is 5.33. The molecule has 1 aromatic rings. The Kier molecular flexibility index (Phi) is 4.11. The largest absolute Gasteiger partial charge is 0.772 e. The first-order valence-electron chi connectivity index (χ1n) is 4.28. The molecule has 0 spiro atoms. The average Bonchev–Trinajstić information content (AvgIpc) is 2.02. The molecule has 1 rings (SSSR count). The van der Waals surface area contributed by atoms with Crippen molar-refractivity contribution in [3.05, 3.63) is 35.9 Å². The minimum Gasteiger partial charge on any atom is -0.772 e. The number of alkyl halides is 1. The molecular formula is C10H12ClO2S-. The van der Waals surface area contributed by atoms with E-state index in [1.165, 1.54) is 0 Å². The molecular weight excluding hydrogens is 220 g/mol. The van der Waals surface area contributed by atoms with E-state index in [4.69, 9.17) is 11.6 Å². The lowest BCUT2D eigenvalue weighted by Crippen LogP contribution is -2.27. The van der Waals surface area contributed by atoms with Crippen LogP contribution in [0.2, 0.25) is 0 Å². The maximum Gasteiger partial charge on any atom is 0.0562 e. The van der Waals surface area contributed by atoms with Gasteiger partial charge in [0.15, 0.2) is 0 Å². The second-order valence-electron chi connectivity index (χ2n) is 3.52. The number of rotatable bonds is 4. The Morgan fingerprint density at radius 2 is 2.00 bits per heavy atom. The van der Waals surface area contributed by atoms with E-state index in [0.717, 1.165) is 5.56 Å². The van der Waals surface area contributed by atoms with Crippen molar-refractivity contribution in [2.24, 2.45) is 0 Å². The van der Waals surface area contributed by atoms with Gasteiger partial charge in [-0.1, -0.05) is 41.4 Å². The monoisotopic (exact) mass is 231 g/mol. The summed E-state index contributed by atoms with van der Waals surface area (Å²) in [6, 6.07) is 9.62. The Morgan fingerprint density at radius 1 is 1.43 bits per heavy atom. The van der Waals surface area contributed by atoms with Gasteiger partial charge in [0.05, 0.1) is 4.87 Å². The summed E-state index contributed by atoms with van der Waals surface area (Å²) in [5.74, 6) is -0.0244. The first kappa shape index (κ1) is 11.7. The fraction of sp³-hybridized carbons (Fsp3) is 0.400. The van der Waals surface area contributed by atoms with Gasteiger partial charge in [0.1, 0.15) is 0 Å². The van der Waals surface area contributed by atoms with Gasteiger partial charge in [-0.05, 0) is 18.9 Å². The Balaban J connectivity index is 2.63. The average molecular weight is 232 g/mol. The summed E-state index contributed by atoms with van der Waals surface area (Å²) in [4.78, 5) is -0.714. The van der Waals surface area contributed by atoms with Crippen LogP contribution in [0.5, 0.6) is 0 Å². The zero-order valence-electron chi connectivity index (χ0n) is 7.90. The van der Waals surface area contributed by atoms with Gasteiger partial charge in [0.2, 0.25) is 0 Å². The molecule has 0 saturated heterocycles. The number of benzene rings is 1. The molecule has 2 atom stereocenters. The van der Waals surface area contributed by atoms with Gasteiger partial charge in [-0.25, -0.2) is 0 Å².